The van der Waals surface area contributed by atoms with Crippen LogP contribution in [-0.2, 0) is 5.41 Å². The van der Waals surface area contributed by atoms with E-state index in [2.05, 4.69) is 175 Å². The highest BCUT2D eigenvalue weighted by molar-refractivity contribution is 6.18. The molecular weight excluding hydrogens is 735 g/mol. The van der Waals surface area contributed by atoms with E-state index in [1.54, 1.807) is 0 Å². The Morgan fingerprint density at radius 3 is 1.77 bits per heavy atom. The Morgan fingerprint density at radius 2 is 1.02 bits per heavy atom. The zero-order valence-corrected chi connectivity index (χ0v) is 32.9. The molecule has 0 unspecified atom stereocenters. The van der Waals surface area contributed by atoms with E-state index in [1.165, 1.54) is 44.1 Å². The highest BCUT2D eigenvalue weighted by Gasteiger charge is 2.37. The van der Waals surface area contributed by atoms with Gasteiger partial charge in [0.25, 0.3) is 0 Å². The van der Waals surface area contributed by atoms with Crippen molar-refractivity contribution in [2.24, 2.45) is 0 Å². The summed E-state index contributed by atoms with van der Waals surface area (Å²) in [6, 6.07) is 62.3. The van der Waals surface area contributed by atoms with Crippen molar-refractivity contribution in [3.05, 3.63) is 187 Å². The molecule has 8 aromatic carbocycles. The number of aromatic nitrogens is 5. The van der Waals surface area contributed by atoms with Gasteiger partial charge < -0.3 is 8.98 Å². The van der Waals surface area contributed by atoms with E-state index in [9.17, 15) is 0 Å². The van der Waals surface area contributed by atoms with Crippen LogP contribution in [0.15, 0.2) is 180 Å². The van der Waals surface area contributed by atoms with Gasteiger partial charge in [0.2, 0.25) is 5.95 Å². The summed E-state index contributed by atoms with van der Waals surface area (Å²) in [6.45, 7) is 4.69. The molecule has 12 aromatic rings. The van der Waals surface area contributed by atoms with Gasteiger partial charge in [-0.05, 0) is 89.0 Å². The number of furan rings is 1. The molecule has 6 heteroatoms. The van der Waals surface area contributed by atoms with E-state index in [0.29, 0.717) is 17.6 Å². The largest absolute Gasteiger partial charge is 0.456 e. The van der Waals surface area contributed by atoms with Crippen LogP contribution in [0.4, 0.5) is 0 Å². The average Bonchev–Trinajstić information content (AvgIpc) is 4.01. The molecule has 0 fully saturated rings. The SMILES string of the molecule is CC1(C)c2ccccc2-c2c1ccc1c2c2ccccc2n1-c1ccc(-c2nc(-c3ccc4c(c3)oc3ccccc34)nc(-n3c4ccccc4c4ccccc43)n2)cc1. The molecule has 0 bridgehead atoms. The molecule has 0 aliphatic heterocycles. The fourth-order valence-electron chi connectivity index (χ4n) is 10.0. The number of para-hydroxylation sites is 4. The van der Waals surface area contributed by atoms with Crippen molar-refractivity contribution in [3.8, 4) is 45.5 Å². The second kappa shape index (κ2) is 12.1. The van der Waals surface area contributed by atoms with Crippen LogP contribution in [-0.4, -0.2) is 24.1 Å². The number of rotatable bonds is 4. The molecule has 282 valence electrons. The zero-order chi connectivity index (χ0) is 39.7. The highest BCUT2D eigenvalue weighted by Crippen LogP contribution is 2.53. The lowest BCUT2D eigenvalue weighted by atomic mass is 9.82. The number of nitrogens with zero attached hydrogens (tertiary/aromatic N) is 5. The van der Waals surface area contributed by atoms with E-state index in [-0.39, 0.29) is 5.41 Å². The van der Waals surface area contributed by atoms with Crippen molar-refractivity contribution in [3.63, 3.8) is 0 Å². The predicted molar refractivity (Wildman–Crippen MR) is 244 cm³/mol. The maximum absolute atomic E-state index is 6.33. The average molecular weight is 770 g/mol. The van der Waals surface area contributed by atoms with Gasteiger partial charge in [0, 0.05) is 54.5 Å². The molecule has 60 heavy (non-hydrogen) atoms. The Hall–Kier alpha value is -7.83. The molecule has 0 spiro atoms. The molecule has 4 aromatic heterocycles. The summed E-state index contributed by atoms with van der Waals surface area (Å²) in [6.07, 6.45) is 0. The Labute approximate surface area is 344 Å². The summed E-state index contributed by atoms with van der Waals surface area (Å²) in [7, 11) is 0. The van der Waals surface area contributed by atoms with Gasteiger partial charge in [0.15, 0.2) is 11.6 Å². The number of fused-ring (bicyclic) bond motifs is 13. The molecule has 0 N–H and O–H groups in total. The first-order chi connectivity index (χ1) is 29.5. The van der Waals surface area contributed by atoms with Gasteiger partial charge in [-0.1, -0.05) is 123 Å². The van der Waals surface area contributed by atoms with Gasteiger partial charge in [0.05, 0.1) is 22.1 Å². The van der Waals surface area contributed by atoms with Crippen LogP contribution in [0.5, 0.6) is 0 Å². The number of benzene rings is 8. The number of hydrogen-bond acceptors (Lipinski definition) is 4. The highest BCUT2D eigenvalue weighted by atomic mass is 16.3. The monoisotopic (exact) mass is 769 g/mol. The molecule has 0 saturated carbocycles. The van der Waals surface area contributed by atoms with Crippen LogP contribution >= 0.6 is 0 Å². The Kier molecular flexibility index (Phi) is 6.69. The Bertz CT molecular complexity index is 3700. The van der Waals surface area contributed by atoms with E-state index in [4.69, 9.17) is 19.4 Å². The molecule has 0 radical (unpaired) electrons. The quantitative estimate of drug-likeness (QED) is 0.179. The fraction of sp³-hybridized carbons (Fsp3) is 0.0556. The lowest BCUT2D eigenvalue weighted by Crippen LogP contribution is -2.14. The molecule has 4 heterocycles. The Balaban J connectivity index is 1.00. The first-order valence-corrected chi connectivity index (χ1v) is 20.4. The van der Waals surface area contributed by atoms with Gasteiger partial charge in [-0.2, -0.15) is 9.97 Å². The molecule has 0 atom stereocenters. The summed E-state index contributed by atoms with van der Waals surface area (Å²) in [5.74, 6) is 1.72. The first-order valence-electron chi connectivity index (χ1n) is 20.4. The standard InChI is InChI=1S/C54H35N5O/c1-54(2)41-18-8-3-16-39(41)49-42(54)29-30-46-50(49)40-17-6-11-21-45(40)58(46)34-26-23-32(24-27-34)51-55-52(33-25-28-38-37-15-7-12-22-47(37)60-48(38)31-33)57-53(56-51)59-43-19-9-4-13-35(43)36-14-5-10-20-44(36)59/h3-31H,1-2H3. The minimum Gasteiger partial charge on any atom is -0.456 e. The lowest BCUT2D eigenvalue weighted by Gasteiger charge is -2.21. The molecule has 1 aliphatic rings. The van der Waals surface area contributed by atoms with Gasteiger partial charge in [0.1, 0.15) is 11.2 Å². The van der Waals surface area contributed by atoms with Crippen molar-refractivity contribution in [1.82, 2.24) is 24.1 Å². The van der Waals surface area contributed by atoms with Crippen molar-refractivity contribution in [1.29, 1.82) is 0 Å². The lowest BCUT2D eigenvalue weighted by molar-refractivity contribution is 0.661. The van der Waals surface area contributed by atoms with Crippen molar-refractivity contribution in [2.45, 2.75) is 19.3 Å². The molecule has 6 nitrogen and oxygen atoms in total. The van der Waals surface area contributed by atoms with Gasteiger partial charge in [-0.3, -0.25) is 4.57 Å². The molecule has 13 rings (SSSR count). The van der Waals surface area contributed by atoms with E-state index >= 15 is 0 Å². The van der Waals surface area contributed by atoms with Crippen LogP contribution in [0.25, 0.3) is 111 Å². The van der Waals surface area contributed by atoms with Crippen LogP contribution in [0.1, 0.15) is 25.0 Å². The number of hydrogen-bond donors (Lipinski definition) is 0. The molecule has 1 aliphatic carbocycles. The minimum absolute atomic E-state index is 0.0791. The zero-order valence-electron chi connectivity index (χ0n) is 32.9. The van der Waals surface area contributed by atoms with Crippen LogP contribution in [0, 0.1) is 0 Å². The summed E-state index contributed by atoms with van der Waals surface area (Å²) >= 11 is 0. The predicted octanol–water partition coefficient (Wildman–Crippen LogP) is 13.6. The van der Waals surface area contributed by atoms with E-state index < -0.39 is 0 Å². The maximum Gasteiger partial charge on any atom is 0.238 e. The van der Waals surface area contributed by atoms with Crippen LogP contribution in [0.3, 0.4) is 0 Å². The van der Waals surface area contributed by atoms with E-state index in [1.807, 2.05) is 24.3 Å². The third-order valence-electron chi connectivity index (χ3n) is 12.8. The van der Waals surface area contributed by atoms with Crippen molar-refractivity contribution in [2.75, 3.05) is 0 Å². The second-order valence-corrected chi connectivity index (χ2v) is 16.4. The minimum atomic E-state index is -0.0791. The molecular formula is C54H35N5O. The summed E-state index contributed by atoms with van der Waals surface area (Å²) in [5, 5.41) is 6.99. The van der Waals surface area contributed by atoms with Gasteiger partial charge in [-0.25, -0.2) is 4.98 Å². The third kappa shape index (κ3) is 4.56. The van der Waals surface area contributed by atoms with Gasteiger partial charge >= 0.3 is 0 Å². The molecule has 0 saturated heterocycles. The maximum atomic E-state index is 6.33. The van der Waals surface area contributed by atoms with Crippen molar-refractivity contribution >= 4 is 65.6 Å². The third-order valence-corrected chi connectivity index (χ3v) is 12.8. The summed E-state index contributed by atoms with van der Waals surface area (Å²) in [4.78, 5) is 15.6. The Morgan fingerprint density at radius 1 is 0.433 bits per heavy atom. The van der Waals surface area contributed by atoms with Crippen molar-refractivity contribution < 1.29 is 4.42 Å². The molecule has 0 amide bonds. The normalized spacial score (nSPS) is 13.3. The van der Waals surface area contributed by atoms with Crippen LogP contribution < -0.4 is 0 Å². The van der Waals surface area contributed by atoms with E-state index in [0.717, 1.165) is 60.6 Å². The topological polar surface area (TPSA) is 61.7 Å². The second-order valence-electron chi connectivity index (χ2n) is 16.4. The first kappa shape index (κ1) is 33.2. The fourth-order valence-corrected chi connectivity index (χ4v) is 10.0. The summed E-state index contributed by atoms with van der Waals surface area (Å²) in [5.41, 5.74) is 14.2. The smallest absolute Gasteiger partial charge is 0.238 e. The summed E-state index contributed by atoms with van der Waals surface area (Å²) < 4.78 is 10.9. The van der Waals surface area contributed by atoms with Gasteiger partial charge in [-0.15, -0.1) is 0 Å². The van der Waals surface area contributed by atoms with Crippen LogP contribution in [0.2, 0.25) is 0 Å².